The number of carbonyl (C=O) groups is 2. The molecule has 8 heteroatoms. The molecule has 1 unspecified atom stereocenters. The number of nitrogens with zero attached hydrogens (tertiary/aromatic N) is 1. The van der Waals surface area contributed by atoms with Crippen LogP contribution in [0.5, 0.6) is 0 Å². The number of hydrogen-bond donors (Lipinski definition) is 3. The van der Waals surface area contributed by atoms with Crippen LogP contribution in [-0.2, 0) is 9.53 Å². The maximum Gasteiger partial charge on any atom is 0.326 e. The maximum absolute atomic E-state index is 13.0. The molecule has 3 N–H and O–H groups in total. The van der Waals surface area contributed by atoms with Gasteiger partial charge in [-0.1, -0.05) is 0 Å². The number of halogens is 1. The number of carboxylic acid groups (broad SMARTS) is 1. The van der Waals surface area contributed by atoms with E-state index >= 15 is 0 Å². The largest absolute Gasteiger partial charge is 0.480 e. The maximum atomic E-state index is 13.0. The van der Waals surface area contributed by atoms with E-state index in [0.29, 0.717) is 0 Å². The molecule has 0 spiro atoms. The molecule has 0 saturated carbocycles. The minimum absolute atomic E-state index is 0.0612. The molecule has 0 heterocycles. The van der Waals surface area contributed by atoms with E-state index < -0.39 is 23.9 Å². The SMILES string of the molecule is COCCC(NC(=O)Nc1ccc(F)cc1C#N)C(=O)O. The van der Waals surface area contributed by atoms with Gasteiger partial charge >= 0.3 is 12.0 Å². The summed E-state index contributed by atoms with van der Waals surface area (Å²) in [7, 11) is 1.41. The van der Waals surface area contributed by atoms with Crippen molar-refractivity contribution in [3.8, 4) is 6.07 Å². The molecule has 1 aromatic rings. The number of carboxylic acids is 1. The van der Waals surface area contributed by atoms with Crippen molar-refractivity contribution in [1.29, 1.82) is 5.26 Å². The normalized spacial score (nSPS) is 11.3. The molecular weight excluding hydrogens is 281 g/mol. The zero-order valence-corrected chi connectivity index (χ0v) is 11.2. The number of methoxy groups -OCH3 is 1. The summed E-state index contributed by atoms with van der Waals surface area (Å²) in [5, 5.41) is 22.3. The van der Waals surface area contributed by atoms with Crippen molar-refractivity contribution < 1.29 is 23.8 Å². The Morgan fingerprint density at radius 3 is 2.81 bits per heavy atom. The summed E-state index contributed by atoms with van der Waals surface area (Å²) in [6, 6.07) is 3.07. The van der Waals surface area contributed by atoms with Gasteiger partial charge in [0.15, 0.2) is 0 Å². The fourth-order valence-corrected chi connectivity index (χ4v) is 1.53. The Morgan fingerprint density at radius 2 is 2.24 bits per heavy atom. The van der Waals surface area contributed by atoms with Crippen LogP contribution in [0.3, 0.4) is 0 Å². The molecule has 112 valence electrons. The molecule has 0 saturated heterocycles. The first-order valence-electron chi connectivity index (χ1n) is 5.96. The van der Waals surface area contributed by atoms with E-state index in [1.807, 2.05) is 0 Å². The second-order valence-electron chi connectivity index (χ2n) is 4.07. The standard InChI is InChI=1S/C13H14FN3O4/c1-21-5-4-11(12(18)19)17-13(20)16-10-3-2-9(14)6-8(10)7-15/h2-3,6,11H,4-5H2,1H3,(H,18,19)(H2,16,17,20). The third-order valence-electron chi connectivity index (χ3n) is 2.56. The Kier molecular flexibility index (Phi) is 6.10. The number of anilines is 1. The van der Waals surface area contributed by atoms with Gasteiger partial charge in [0.2, 0.25) is 0 Å². The van der Waals surface area contributed by atoms with Crippen LogP contribution in [0.25, 0.3) is 0 Å². The lowest BCUT2D eigenvalue weighted by Gasteiger charge is -2.15. The lowest BCUT2D eigenvalue weighted by molar-refractivity contribution is -0.139. The van der Waals surface area contributed by atoms with Crippen LogP contribution < -0.4 is 10.6 Å². The second-order valence-corrected chi connectivity index (χ2v) is 4.07. The van der Waals surface area contributed by atoms with Gasteiger partial charge in [0.25, 0.3) is 0 Å². The summed E-state index contributed by atoms with van der Waals surface area (Å²) >= 11 is 0. The molecule has 1 aromatic carbocycles. The molecule has 0 fully saturated rings. The number of rotatable bonds is 6. The molecular formula is C13H14FN3O4. The Labute approximate surface area is 120 Å². The van der Waals surface area contributed by atoms with Crippen LogP contribution in [0, 0.1) is 17.1 Å². The highest BCUT2D eigenvalue weighted by Gasteiger charge is 2.20. The van der Waals surface area contributed by atoms with Crippen LogP contribution in [0.2, 0.25) is 0 Å². The Bertz CT molecular complexity index is 571. The van der Waals surface area contributed by atoms with Gasteiger partial charge in [0.05, 0.1) is 11.3 Å². The zero-order valence-electron chi connectivity index (χ0n) is 11.2. The van der Waals surface area contributed by atoms with Crippen molar-refractivity contribution in [1.82, 2.24) is 5.32 Å². The summed E-state index contributed by atoms with van der Waals surface area (Å²) < 4.78 is 17.7. The third kappa shape index (κ3) is 5.08. The highest BCUT2D eigenvalue weighted by Crippen LogP contribution is 2.15. The van der Waals surface area contributed by atoms with E-state index in [4.69, 9.17) is 15.1 Å². The molecule has 1 atom stereocenters. The number of ether oxygens (including phenoxy) is 1. The monoisotopic (exact) mass is 295 g/mol. The van der Waals surface area contributed by atoms with Crippen LogP contribution in [0.15, 0.2) is 18.2 Å². The molecule has 1 rings (SSSR count). The van der Waals surface area contributed by atoms with Gasteiger partial charge in [0.1, 0.15) is 17.9 Å². The van der Waals surface area contributed by atoms with Crippen molar-refractivity contribution in [2.45, 2.75) is 12.5 Å². The number of hydrogen-bond acceptors (Lipinski definition) is 4. The smallest absolute Gasteiger partial charge is 0.326 e. The van der Waals surface area contributed by atoms with E-state index in [9.17, 15) is 14.0 Å². The topological polar surface area (TPSA) is 111 Å². The summed E-state index contributed by atoms with van der Waals surface area (Å²) in [5.41, 5.74) is 0.0289. The molecule has 21 heavy (non-hydrogen) atoms. The predicted octanol–water partition coefficient (Wildman–Crippen LogP) is 1.31. The molecule has 0 aliphatic carbocycles. The molecule has 0 aliphatic rings. The number of benzene rings is 1. The van der Waals surface area contributed by atoms with Crippen molar-refractivity contribution in [2.24, 2.45) is 0 Å². The van der Waals surface area contributed by atoms with Gasteiger partial charge in [-0.05, 0) is 18.2 Å². The van der Waals surface area contributed by atoms with Gasteiger partial charge in [-0.25, -0.2) is 14.0 Å². The molecule has 0 radical (unpaired) electrons. The summed E-state index contributed by atoms with van der Waals surface area (Å²) in [6.45, 7) is 0.164. The fraction of sp³-hybridized carbons (Fsp3) is 0.308. The van der Waals surface area contributed by atoms with Gasteiger partial charge < -0.3 is 20.5 Å². The predicted molar refractivity (Wildman–Crippen MR) is 71.2 cm³/mol. The van der Waals surface area contributed by atoms with Crippen molar-refractivity contribution >= 4 is 17.7 Å². The summed E-state index contributed by atoms with van der Waals surface area (Å²) in [6.07, 6.45) is 0.0910. The first-order valence-corrected chi connectivity index (χ1v) is 5.96. The van der Waals surface area contributed by atoms with Crippen molar-refractivity contribution in [3.63, 3.8) is 0 Å². The minimum Gasteiger partial charge on any atom is -0.480 e. The van der Waals surface area contributed by atoms with Gasteiger partial charge in [-0.15, -0.1) is 0 Å². The second kappa shape index (κ2) is 7.81. The third-order valence-corrected chi connectivity index (χ3v) is 2.56. The van der Waals surface area contributed by atoms with E-state index in [1.54, 1.807) is 6.07 Å². The molecule has 2 amide bonds. The number of nitrogens with one attached hydrogen (secondary N) is 2. The number of carbonyl (C=O) groups excluding carboxylic acids is 1. The number of aliphatic carboxylic acids is 1. The van der Waals surface area contributed by atoms with Gasteiger partial charge in [-0.2, -0.15) is 5.26 Å². The van der Waals surface area contributed by atoms with E-state index in [0.717, 1.165) is 12.1 Å². The molecule has 0 aliphatic heterocycles. The van der Waals surface area contributed by atoms with Crippen LogP contribution in [0.4, 0.5) is 14.9 Å². The lowest BCUT2D eigenvalue weighted by atomic mass is 10.2. The first kappa shape index (κ1) is 16.4. The van der Waals surface area contributed by atoms with Crippen LogP contribution in [-0.4, -0.2) is 36.9 Å². The number of urea groups is 1. The van der Waals surface area contributed by atoms with Crippen LogP contribution in [0.1, 0.15) is 12.0 Å². The molecule has 0 aromatic heterocycles. The van der Waals surface area contributed by atoms with Crippen molar-refractivity contribution in [3.05, 3.63) is 29.6 Å². The summed E-state index contributed by atoms with van der Waals surface area (Å²) in [4.78, 5) is 22.7. The van der Waals surface area contributed by atoms with E-state index in [2.05, 4.69) is 10.6 Å². The lowest BCUT2D eigenvalue weighted by Crippen LogP contribution is -2.43. The minimum atomic E-state index is -1.21. The van der Waals surface area contributed by atoms with Crippen LogP contribution >= 0.6 is 0 Å². The first-order chi connectivity index (χ1) is 9.97. The molecule has 0 bridgehead atoms. The quantitative estimate of drug-likeness (QED) is 0.732. The Balaban J connectivity index is 2.72. The Morgan fingerprint density at radius 1 is 1.52 bits per heavy atom. The van der Waals surface area contributed by atoms with Gasteiger partial charge in [0, 0.05) is 20.1 Å². The fourth-order valence-electron chi connectivity index (χ4n) is 1.53. The highest BCUT2D eigenvalue weighted by atomic mass is 19.1. The average molecular weight is 295 g/mol. The Hall–Kier alpha value is -2.66. The highest BCUT2D eigenvalue weighted by molar-refractivity contribution is 5.93. The van der Waals surface area contributed by atoms with E-state index in [1.165, 1.54) is 13.2 Å². The molecule has 7 nitrogen and oxygen atoms in total. The van der Waals surface area contributed by atoms with Crippen molar-refractivity contribution in [2.75, 3.05) is 19.0 Å². The average Bonchev–Trinajstić information content (AvgIpc) is 2.44. The summed E-state index contributed by atoms with van der Waals surface area (Å²) in [5.74, 6) is -1.82. The van der Waals surface area contributed by atoms with Gasteiger partial charge in [-0.3, -0.25) is 0 Å². The number of nitriles is 1. The van der Waals surface area contributed by atoms with E-state index in [-0.39, 0.29) is 24.3 Å². The number of amides is 2. The zero-order chi connectivity index (χ0) is 15.8.